The molecule has 1 amide bonds. The summed E-state index contributed by atoms with van der Waals surface area (Å²) in [5.74, 6) is 0.0731. The molecule has 25 heavy (non-hydrogen) atoms. The summed E-state index contributed by atoms with van der Waals surface area (Å²) in [6.07, 6.45) is 6.44. The highest BCUT2D eigenvalue weighted by Gasteiger charge is 2.26. The molecule has 7 heteroatoms. The van der Waals surface area contributed by atoms with Gasteiger partial charge in [0.05, 0.1) is 17.4 Å². The molecule has 2 heterocycles. The van der Waals surface area contributed by atoms with E-state index in [1.54, 1.807) is 17.1 Å². The minimum atomic E-state index is 0. The van der Waals surface area contributed by atoms with Gasteiger partial charge in [-0.15, -0.1) is 12.4 Å². The average molecular weight is 383 g/mol. The van der Waals surface area contributed by atoms with E-state index >= 15 is 0 Å². The highest BCUT2D eigenvalue weighted by Crippen LogP contribution is 2.18. The number of carbonyl (C=O) groups is 1. The van der Waals surface area contributed by atoms with E-state index in [1.165, 1.54) is 0 Å². The monoisotopic (exact) mass is 382 g/mol. The zero-order valence-electron chi connectivity index (χ0n) is 14.3. The van der Waals surface area contributed by atoms with Gasteiger partial charge in [0.1, 0.15) is 0 Å². The third kappa shape index (κ3) is 4.75. The Morgan fingerprint density at radius 2 is 2.00 bits per heavy atom. The molecule has 2 aromatic rings. The lowest BCUT2D eigenvalue weighted by molar-refractivity contribution is 0.0642. The van der Waals surface area contributed by atoms with Crippen LogP contribution in [0.3, 0.4) is 0 Å². The second-order valence-electron chi connectivity index (χ2n) is 6.13. The number of rotatable bonds is 5. The average Bonchev–Trinajstić information content (AvgIpc) is 3.10. The van der Waals surface area contributed by atoms with Crippen molar-refractivity contribution in [1.82, 2.24) is 20.0 Å². The highest BCUT2D eigenvalue weighted by atomic mass is 35.5. The molecule has 0 spiro atoms. The van der Waals surface area contributed by atoms with Crippen molar-refractivity contribution in [2.24, 2.45) is 0 Å². The lowest BCUT2D eigenvalue weighted by Crippen LogP contribution is -2.46. The second-order valence-corrected chi connectivity index (χ2v) is 6.57. The van der Waals surface area contributed by atoms with E-state index in [4.69, 9.17) is 11.6 Å². The normalized spacial score (nSPS) is 14.8. The maximum absolute atomic E-state index is 13.0. The van der Waals surface area contributed by atoms with Gasteiger partial charge in [0, 0.05) is 23.8 Å². The van der Waals surface area contributed by atoms with Crippen molar-refractivity contribution in [1.29, 1.82) is 0 Å². The SMILES string of the molecule is CCCN(C(=O)c1cnn(-c2ccc(Cl)cc2)c1)C1CCNCC1.Cl. The van der Waals surface area contributed by atoms with E-state index in [1.807, 2.05) is 29.2 Å². The smallest absolute Gasteiger partial charge is 0.257 e. The molecule has 1 N–H and O–H groups in total. The minimum absolute atomic E-state index is 0. The van der Waals surface area contributed by atoms with Crippen LogP contribution in [0.1, 0.15) is 36.5 Å². The van der Waals surface area contributed by atoms with Crippen LogP contribution < -0.4 is 5.32 Å². The fourth-order valence-electron chi connectivity index (χ4n) is 3.14. The minimum Gasteiger partial charge on any atom is -0.335 e. The molecule has 0 atom stereocenters. The molecular formula is C18H24Cl2N4O. The quantitative estimate of drug-likeness (QED) is 0.859. The number of hydrogen-bond donors (Lipinski definition) is 1. The summed E-state index contributed by atoms with van der Waals surface area (Å²) in [4.78, 5) is 15.0. The molecule has 0 bridgehead atoms. The first kappa shape index (κ1) is 19.8. The van der Waals surface area contributed by atoms with Gasteiger partial charge in [0.25, 0.3) is 5.91 Å². The fraction of sp³-hybridized carbons (Fsp3) is 0.444. The molecule has 1 aromatic heterocycles. The molecule has 1 aliphatic heterocycles. The highest BCUT2D eigenvalue weighted by molar-refractivity contribution is 6.30. The van der Waals surface area contributed by atoms with E-state index in [0.29, 0.717) is 16.6 Å². The second kappa shape index (κ2) is 9.22. The predicted molar refractivity (Wildman–Crippen MR) is 103 cm³/mol. The molecule has 0 radical (unpaired) electrons. The molecule has 1 aromatic carbocycles. The van der Waals surface area contributed by atoms with Crippen LogP contribution in [-0.4, -0.2) is 46.3 Å². The summed E-state index contributed by atoms with van der Waals surface area (Å²) in [5, 5.41) is 8.38. The van der Waals surface area contributed by atoms with Crippen LogP contribution >= 0.6 is 24.0 Å². The summed E-state index contributed by atoms with van der Waals surface area (Å²) in [5.41, 5.74) is 1.53. The number of carbonyl (C=O) groups excluding carboxylic acids is 1. The molecule has 1 fully saturated rings. The van der Waals surface area contributed by atoms with Crippen LogP contribution in [0.25, 0.3) is 5.69 Å². The van der Waals surface area contributed by atoms with Gasteiger partial charge in [0.2, 0.25) is 0 Å². The first-order valence-electron chi connectivity index (χ1n) is 8.51. The van der Waals surface area contributed by atoms with Crippen LogP contribution in [0, 0.1) is 0 Å². The van der Waals surface area contributed by atoms with Crippen molar-refractivity contribution in [3.05, 3.63) is 47.2 Å². The zero-order chi connectivity index (χ0) is 16.9. The molecule has 5 nitrogen and oxygen atoms in total. The fourth-order valence-corrected chi connectivity index (χ4v) is 3.27. The van der Waals surface area contributed by atoms with Crippen LogP contribution in [0.5, 0.6) is 0 Å². The van der Waals surface area contributed by atoms with Crippen molar-refractivity contribution in [2.45, 2.75) is 32.2 Å². The third-order valence-electron chi connectivity index (χ3n) is 4.40. The van der Waals surface area contributed by atoms with Gasteiger partial charge in [-0.3, -0.25) is 4.79 Å². The molecule has 136 valence electrons. The van der Waals surface area contributed by atoms with Gasteiger partial charge in [0.15, 0.2) is 0 Å². The van der Waals surface area contributed by atoms with Crippen LogP contribution in [0.15, 0.2) is 36.7 Å². The number of piperidine rings is 1. The van der Waals surface area contributed by atoms with Crippen molar-refractivity contribution < 1.29 is 4.79 Å². The summed E-state index contributed by atoms with van der Waals surface area (Å²) in [6.45, 7) is 4.85. The van der Waals surface area contributed by atoms with Crippen molar-refractivity contribution in [2.75, 3.05) is 19.6 Å². The number of amides is 1. The van der Waals surface area contributed by atoms with Crippen LogP contribution in [0.4, 0.5) is 0 Å². The van der Waals surface area contributed by atoms with E-state index in [0.717, 1.165) is 44.6 Å². The maximum Gasteiger partial charge on any atom is 0.257 e. The van der Waals surface area contributed by atoms with Gasteiger partial charge < -0.3 is 10.2 Å². The van der Waals surface area contributed by atoms with E-state index < -0.39 is 0 Å². The number of nitrogens with zero attached hydrogens (tertiary/aromatic N) is 3. The van der Waals surface area contributed by atoms with Crippen molar-refractivity contribution >= 4 is 29.9 Å². The molecule has 3 rings (SSSR count). The number of halogens is 2. The Morgan fingerprint density at radius 1 is 1.32 bits per heavy atom. The van der Waals surface area contributed by atoms with Gasteiger partial charge in [-0.05, 0) is 56.6 Å². The zero-order valence-corrected chi connectivity index (χ0v) is 15.9. The molecule has 1 saturated heterocycles. The molecule has 0 aliphatic carbocycles. The number of nitrogens with one attached hydrogen (secondary N) is 1. The first-order chi connectivity index (χ1) is 11.7. The van der Waals surface area contributed by atoms with Gasteiger partial charge in [-0.2, -0.15) is 5.10 Å². The van der Waals surface area contributed by atoms with Gasteiger partial charge in [-0.25, -0.2) is 4.68 Å². The Morgan fingerprint density at radius 3 is 2.64 bits per heavy atom. The van der Waals surface area contributed by atoms with Crippen molar-refractivity contribution in [3.63, 3.8) is 0 Å². The van der Waals surface area contributed by atoms with E-state index in [-0.39, 0.29) is 18.3 Å². The first-order valence-corrected chi connectivity index (χ1v) is 8.89. The topological polar surface area (TPSA) is 50.2 Å². The lowest BCUT2D eigenvalue weighted by Gasteiger charge is -2.34. The van der Waals surface area contributed by atoms with Crippen molar-refractivity contribution in [3.8, 4) is 5.69 Å². The summed E-state index contributed by atoms with van der Waals surface area (Å²) in [7, 11) is 0. The molecule has 0 unspecified atom stereocenters. The maximum atomic E-state index is 13.0. The largest absolute Gasteiger partial charge is 0.335 e. The number of benzene rings is 1. The number of hydrogen-bond acceptors (Lipinski definition) is 3. The van der Waals surface area contributed by atoms with Crippen LogP contribution in [0.2, 0.25) is 5.02 Å². The van der Waals surface area contributed by atoms with Crippen LogP contribution in [-0.2, 0) is 0 Å². The lowest BCUT2D eigenvalue weighted by atomic mass is 10.0. The Balaban J connectivity index is 0.00000225. The number of aromatic nitrogens is 2. The van der Waals surface area contributed by atoms with Gasteiger partial charge in [-0.1, -0.05) is 18.5 Å². The summed E-state index contributed by atoms with van der Waals surface area (Å²) < 4.78 is 1.72. The van der Waals surface area contributed by atoms with E-state index in [9.17, 15) is 4.79 Å². The molecule has 0 saturated carbocycles. The Kier molecular flexibility index (Phi) is 7.29. The standard InChI is InChI=1S/C18H23ClN4O.ClH/c1-2-11-22(16-7-9-20-10-8-16)18(24)14-12-21-23(13-14)17-5-3-15(19)4-6-17;/h3-6,12-13,16,20H,2,7-11H2,1H3;1H. The predicted octanol–water partition coefficient (Wildman–Crippen LogP) is 3.55. The Bertz CT molecular complexity index is 681. The van der Waals surface area contributed by atoms with Gasteiger partial charge >= 0.3 is 0 Å². The summed E-state index contributed by atoms with van der Waals surface area (Å²) in [6, 6.07) is 7.73. The Hall–Kier alpha value is -1.56. The summed E-state index contributed by atoms with van der Waals surface area (Å²) >= 11 is 5.92. The molecular weight excluding hydrogens is 359 g/mol. The Labute approximate surface area is 159 Å². The molecule has 1 aliphatic rings. The van der Waals surface area contributed by atoms with E-state index in [2.05, 4.69) is 17.3 Å². The third-order valence-corrected chi connectivity index (χ3v) is 4.65.